The average Bonchev–Trinajstić information content (AvgIpc) is 3.15. The smallest absolute Gasteiger partial charge is 0.333 e. The lowest BCUT2D eigenvalue weighted by molar-refractivity contribution is -0.147. The second-order valence-corrected chi connectivity index (χ2v) is 11.9. The topological polar surface area (TPSA) is 161 Å². The highest BCUT2D eigenvalue weighted by molar-refractivity contribution is 5.87. The van der Waals surface area contributed by atoms with Gasteiger partial charge in [0.1, 0.15) is 31.3 Å². The molecule has 0 radical (unpaired) electrons. The molecule has 54 heavy (non-hydrogen) atoms. The van der Waals surface area contributed by atoms with Crippen LogP contribution in [-0.2, 0) is 57.1 Å². The van der Waals surface area contributed by atoms with E-state index in [-0.39, 0.29) is 51.2 Å². The number of carbonyl (C=O) groups excluding carboxylic acids is 4. The van der Waals surface area contributed by atoms with Crippen LogP contribution in [0.25, 0.3) is 0 Å². The number of unbranched alkanes of at least 4 members (excludes halogenated alkanes) is 2. The molecule has 0 aliphatic carbocycles. The lowest BCUT2D eigenvalue weighted by Gasteiger charge is -2.09. The maximum Gasteiger partial charge on any atom is 0.333 e. The molecule has 0 saturated carbocycles. The second kappa shape index (κ2) is 36.0. The Labute approximate surface area is 321 Å². The first kappa shape index (κ1) is 50.0. The molecule has 1 aromatic carbocycles. The number of carbonyl (C=O) groups is 4. The van der Waals surface area contributed by atoms with Crippen molar-refractivity contribution in [3.8, 4) is 11.5 Å². The van der Waals surface area contributed by atoms with Crippen LogP contribution in [0.3, 0.4) is 0 Å². The Morgan fingerprint density at radius 3 is 1.37 bits per heavy atom. The molecule has 0 aromatic heterocycles. The second-order valence-electron chi connectivity index (χ2n) is 11.9. The van der Waals surface area contributed by atoms with Gasteiger partial charge in [0.2, 0.25) is 0 Å². The Kier molecular flexibility index (Phi) is 33.4. The summed E-state index contributed by atoms with van der Waals surface area (Å²) in [6, 6.07) is 7.60. The van der Waals surface area contributed by atoms with E-state index in [1.165, 1.54) is 0 Å². The molecule has 0 amide bonds. The van der Waals surface area contributed by atoms with E-state index in [1.54, 1.807) is 21.0 Å². The van der Waals surface area contributed by atoms with Gasteiger partial charge in [-0.1, -0.05) is 26.1 Å². The van der Waals surface area contributed by atoms with Crippen molar-refractivity contribution in [1.29, 1.82) is 0 Å². The van der Waals surface area contributed by atoms with Gasteiger partial charge >= 0.3 is 23.9 Å². The summed E-state index contributed by atoms with van der Waals surface area (Å²) in [6.45, 7) is 18.0. The highest BCUT2D eigenvalue weighted by Gasteiger charge is 2.07. The molecule has 0 unspecified atom stereocenters. The van der Waals surface area contributed by atoms with Gasteiger partial charge < -0.3 is 47.4 Å². The lowest BCUT2D eigenvalue weighted by atomic mass is 10.3. The molecule has 0 heterocycles. The van der Waals surface area contributed by atoms with Crippen molar-refractivity contribution in [1.82, 2.24) is 0 Å². The summed E-state index contributed by atoms with van der Waals surface area (Å²) in [6.07, 6.45) is 5.87. The molecular formula is C40H64O14. The predicted octanol–water partition coefficient (Wildman–Crippen LogP) is 5.98. The fourth-order valence-corrected chi connectivity index (χ4v) is 3.84. The number of benzene rings is 1. The SMILES string of the molecule is C=C(C)C(=O)OCCCC(=O)OCCOCCCCOC.C=C(C)C(=O)OCCCC(=O)OCCOCCCCOCCOc1cccc(OCCC)c1. The predicted molar refractivity (Wildman–Crippen MR) is 202 cm³/mol. The molecule has 0 spiro atoms. The largest absolute Gasteiger partial charge is 0.493 e. The van der Waals surface area contributed by atoms with Crippen molar-refractivity contribution < 1.29 is 66.5 Å². The normalized spacial score (nSPS) is 10.4. The number of rotatable bonds is 33. The van der Waals surface area contributed by atoms with Crippen molar-refractivity contribution in [2.75, 3.05) is 93.0 Å². The zero-order chi connectivity index (χ0) is 40.1. The zero-order valence-electron chi connectivity index (χ0n) is 33.0. The van der Waals surface area contributed by atoms with Crippen LogP contribution in [0.5, 0.6) is 11.5 Å². The van der Waals surface area contributed by atoms with Crippen molar-refractivity contribution in [3.05, 3.63) is 48.6 Å². The summed E-state index contributed by atoms with van der Waals surface area (Å²) >= 11 is 0. The molecule has 14 nitrogen and oxygen atoms in total. The number of methoxy groups -OCH3 is 1. The first-order valence-corrected chi connectivity index (χ1v) is 18.6. The van der Waals surface area contributed by atoms with Crippen molar-refractivity contribution in [2.45, 2.75) is 78.6 Å². The Bertz CT molecular complexity index is 1170. The van der Waals surface area contributed by atoms with Gasteiger partial charge in [-0.25, -0.2) is 9.59 Å². The lowest BCUT2D eigenvalue weighted by Crippen LogP contribution is -2.13. The molecule has 1 aromatic rings. The number of ether oxygens (including phenoxy) is 10. The minimum atomic E-state index is -0.450. The van der Waals surface area contributed by atoms with Gasteiger partial charge in [0.05, 0.1) is 39.6 Å². The van der Waals surface area contributed by atoms with Gasteiger partial charge in [0.25, 0.3) is 0 Å². The fourth-order valence-electron chi connectivity index (χ4n) is 3.84. The zero-order valence-corrected chi connectivity index (χ0v) is 33.0. The third kappa shape index (κ3) is 32.7. The Balaban J connectivity index is 0.00000115. The minimum Gasteiger partial charge on any atom is -0.493 e. The van der Waals surface area contributed by atoms with Gasteiger partial charge in [0.15, 0.2) is 0 Å². The van der Waals surface area contributed by atoms with Gasteiger partial charge in [-0.15, -0.1) is 0 Å². The molecule has 14 heteroatoms. The van der Waals surface area contributed by atoms with Crippen LogP contribution in [0.1, 0.15) is 78.6 Å². The molecule has 0 aliphatic heterocycles. The Morgan fingerprint density at radius 2 is 0.944 bits per heavy atom. The van der Waals surface area contributed by atoms with E-state index in [0.29, 0.717) is 76.8 Å². The van der Waals surface area contributed by atoms with E-state index in [2.05, 4.69) is 20.1 Å². The average molecular weight is 769 g/mol. The molecule has 0 fully saturated rings. The van der Waals surface area contributed by atoms with E-state index in [4.69, 9.17) is 47.4 Å². The maximum atomic E-state index is 11.6. The van der Waals surface area contributed by atoms with Gasteiger partial charge in [-0.3, -0.25) is 9.59 Å². The first-order chi connectivity index (χ1) is 26.1. The molecule has 1 rings (SSSR count). The summed E-state index contributed by atoms with van der Waals surface area (Å²) in [5.41, 5.74) is 0.686. The van der Waals surface area contributed by atoms with Crippen LogP contribution in [0, 0.1) is 0 Å². The number of esters is 4. The van der Waals surface area contributed by atoms with E-state index in [0.717, 1.165) is 50.2 Å². The van der Waals surface area contributed by atoms with E-state index in [1.807, 2.05) is 24.3 Å². The van der Waals surface area contributed by atoms with Gasteiger partial charge in [-0.2, -0.15) is 0 Å². The first-order valence-electron chi connectivity index (χ1n) is 18.6. The van der Waals surface area contributed by atoms with Gasteiger partial charge in [0, 0.05) is 63.6 Å². The van der Waals surface area contributed by atoms with E-state index in [9.17, 15) is 19.2 Å². The van der Waals surface area contributed by atoms with Crippen LogP contribution in [0.15, 0.2) is 48.6 Å². The summed E-state index contributed by atoms with van der Waals surface area (Å²) < 4.78 is 52.3. The van der Waals surface area contributed by atoms with Crippen molar-refractivity contribution in [3.63, 3.8) is 0 Å². The highest BCUT2D eigenvalue weighted by atomic mass is 16.6. The van der Waals surface area contributed by atoms with Crippen LogP contribution in [0.4, 0.5) is 0 Å². The summed E-state index contributed by atoms with van der Waals surface area (Å²) in [5, 5.41) is 0. The van der Waals surface area contributed by atoms with Crippen LogP contribution < -0.4 is 9.47 Å². The molecule has 0 bridgehead atoms. The van der Waals surface area contributed by atoms with Gasteiger partial charge in [-0.05, 0) is 70.9 Å². The molecule has 0 atom stereocenters. The molecule has 0 saturated heterocycles. The molecule has 0 N–H and O–H groups in total. The fraction of sp³-hybridized carbons (Fsp3) is 0.650. The summed E-state index contributed by atoms with van der Waals surface area (Å²) in [4.78, 5) is 45.2. The quantitative estimate of drug-likeness (QED) is 0.0355. The number of hydrogen-bond donors (Lipinski definition) is 0. The molecule has 308 valence electrons. The van der Waals surface area contributed by atoms with E-state index < -0.39 is 11.9 Å². The number of hydrogen-bond acceptors (Lipinski definition) is 14. The Morgan fingerprint density at radius 1 is 0.519 bits per heavy atom. The highest BCUT2D eigenvalue weighted by Crippen LogP contribution is 2.19. The summed E-state index contributed by atoms with van der Waals surface area (Å²) in [5.74, 6) is 0.0454. The van der Waals surface area contributed by atoms with Crippen molar-refractivity contribution in [2.24, 2.45) is 0 Å². The van der Waals surface area contributed by atoms with Crippen LogP contribution in [-0.4, -0.2) is 117 Å². The molecule has 0 aliphatic rings. The minimum absolute atomic E-state index is 0.173. The maximum absolute atomic E-state index is 11.6. The third-order valence-electron chi connectivity index (χ3n) is 6.68. The van der Waals surface area contributed by atoms with Crippen LogP contribution >= 0.6 is 0 Å². The monoisotopic (exact) mass is 768 g/mol. The molecular weight excluding hydrogens is 704 g/mol. The third-order valence-corrected chi connectivity index (χ3v) is 6.68. The van der Waals surface area contributed by atoms with Crippen molar-refractivity contribution >= 4 is 23.9 Å². The van der Waals surface area contributed by atoms with E-state index >= 15 is 0 Å². The van der Waals surface area contributed by atoms with Crippen LogP contribution in [0.2, 0.25) is 0 Å². The standard InChI is InChI=1S/C25H38O8.C15H26O6/c1-4-12-30-22-9-7-10-23(20-22)31-18-16-28-13-5-6-14-29-17-19-32-24(26)11-8-15-33-25(27)21(2)3;1-13(2)15(17)21-10-6-7-14(16)20-12-11-19-9-5-4-8-18-3/h7,9-10,20H,2,4-6,8,11-19H2,1,3H3;1,4-12H2,2-3H3. The summed E-state index contributed by atoms with van der Waals surface area (Å²) in [7, 11) is 1.67. The Hall–Kier alpha value is -3.98.